The fourth-order valence-electron chi connectivity index (χ4n) is 4.20. The van der Waals surface area contributed by atoms with Gasteiger partial charge in [0, 0.05) is 19.6 Å². The molecule has 6 heteroatoms. The van der Waals surface area contributed by atoms with Crippen molar-refractivity contribution in [1.82, 2.24) is 9.80 Å². The standard InChI is InChI=1S/C19H35F3N2O/c1-15(2)25-17-9-7-16(8-10-17)6-4-5-11-24-13-12-23(3)18(14-24)19(20,21)22/h15-18H,4-14H2,1-3H3. The van der Waals surface area contributed by atoms with Gasteiger partial charge in [0.2, 0.25) is 0 Å². The number of hydrogen-bond donors (Lipinski definition) is 0. The van der Waals surface area contributed by atoms with E-state index in [4.69, 9.17) is 4.74 Å². The van der Waals surface area contributed by atoms with Crippen molar-refractivity contribution in [2.45, 2.75) is 83.2 Å². The van der Waals surface area contributed by atoms with Gasteiger partial charge in [0.25, 0.3) is 0 Å². The second kappa shape index (κ2) is 9.56. The van der Waals surface area contributed by atoms with E-state index in [1.807, 2.05) is 4.90 Å². The van der Waals surface area contributed by atoms with Crippen LogP contribution in [0.15, 0.2) is 0 Å². The highest BCUT2D eigenvalue weighted by Crippen LogP contribution is 2.31. The van der Waals surface area contributed by atoms with Crippen LogP contribution in [0.2, 0.25) is 0 Å². The molecule has 1 heterocycles. The van der Waals surface area contributed by atoms with Gasteiger partial charge in [0.1, 0.15) is 6.04 Å². The first kappa shape index (κ1) is 21.0. The van der Waals surface area contributed by atoms with Gasteiger partial charge in [-0.15, -0.1) is 0 Å². The summed E-state index contributed by atoms with van der Waals surface area (Å²) in [4.78, 5) is 3.43. The topological polar surface area (TPSA) is 15.7 Å². The van der Waals surface area contributed by atoms with Gasteiger partial charge >= 0.3 is 6.18 Å². The molecular formula is C19H35F3N2O. The van der Waals surface area contributed by atoms with Crippen LogP contribution in [0.25, 0.3) is 0 Å². The predicted molar refractivity (Wildman–Crippen MR) is 94.7 cm³/mol. The third kappa shape index (κ3) is 7.06. The van der Waals surface area contributed by atoms with Crippen molar-refractivity contribution in [3.8, 4) is 0 Å². The quantitative estimate of drug-likeness (QED) is 0.626. The molecule has 0 aromatic carbocycles. The fraction of sp³-hybridized carbons (Fsp3) is 1.00. The van der Waals surface area contributed by atoms with E-state index in [0.717, 1.165) is 44.7 Å². The molecule has 1 unspecified atom stereocenters. The number of piperazine rings is 1. The van der Waals surface area contributed by atoms with Crippen LogP contribution in [0.5, 0.6) is 0 Å². The first-order valence-corrected chi connectivity index (χ1v) is 9.90. The molecule has 1 aliphatic heterocycles. The van der Waals surface area contributed by atoms with E-state index in [-0.39, 0.29) is 6.54 Å². The number of rotatable bonds is 7. The highest BCUT2D eigenvalue weighted by molar-refractivity contribution is 4.85. The van der Waals surface area contributed by atoms with Crippen molar-refractivity contribution in [2.24, 2.45) is 5.92 Å². The van der Waals surface area contributed by atoms with E-state index in [1.165, 1.54) is 24.2 Å². The van der Waals surface area contributed by atoms with Gasteiger partial charge < -0.3 is 9.64 Å². The van der Waals surface area contributed by atoms with Crippen LogP contribution in [0.1, 0.15) is 58.8 Å². The van der Waals surface area contributed by atoms with Gasteiger partial charge in [-0.2, -0.15) is 13.2 Å². The van der Waals surface area contributed by atoms with Gasteiger partial charge in [-0.3, -0.25) is 4.90 Å². The Kier molecular flexibility index (Phi) is 8.02. The Hall–Kier alpha value is -0.330. The molecule has 0 bridgehead atoms. The normalized spacial score (nSPS) is 30.1. The van der Waals surface area contributed by atoms with Crippen LogP contribution in [-0.2, 0) is 4.74 Å². The largest absolute Gasteiger partial charge is 0.405 e. The molecule has 3 nitrogen and oxygen atoms in total. The summed E-state index contributed by atoms with van der Waals surface area (Å²) in [6.45, 7) is 6.36. The maximum atomic E-state index is 13.0. The molecule has 148 valence electrons. The molecule has 25 heavy (non-hydrogen) atoms. The lowest BCUT2D eigenvalue weighted by Gasteiger charge is -2.40. The smallest absolute Gasteiger partial charge is 0.376 e. The number of hydrogen-bond acceptors (Lipinski definition) is 3. The van der Waals surface area contributed by atoms with Gasteiger partial charge in [-0.1, -0.05) is 12.8 Å². The summed E-state index contributed by atoms with van der Waals surface area (Å²) < 4.78 is 45.0. The summed E-state index contributed by atoms with van der Waals surface area (Å²) >= 11 is 0. The van der Waals surface area contributed by atoms with Gasteiger partial charge in [-0.05, 0) is 65.5 Å². The molecule has 0 amide bonds. The van der Waals surface area contributed by atoms with E-state index in [9.17, 15) is 13.2 Å². The van der Waals surface area contributed by atoms with Crippen molar-refractivity contribution < 1.29 is 17.9 Å². The molecular weight excluding hydrogens is 329 g/mol. The Morgan fingerprint density at radius 1 is 1.04 bits per heavy atom. The van der Waals surface area contributed by atoms with Crippen molar-refractivity contribution in [3.63, 3.8) is 0 Å². The Morgan fingerprint density at radius 2 is 1.72 bits per heavy atom. The van der Waals surface area contributed by atoms with Gasteiger partial charge in [0.15, 0.2) is 0 Å². The number of unbranched alkanes of at least 4 members (excludes halogenated alkanes) is 1. The van der Waals surface area contributed by atoms with Gasteiger partial charge in [-0.25, -0.2) is 0 Å². The van der Waals surface area contributed by atoms with E-state index in [2.05, 4.69) is 13.8 Å². The zero-order valence-corrected chi connectivity index (χ0v) is 16.0. The summed E-state index contributed by atoms with van der Waals surface area (Å²) in [5, 5.41) is 0. The fourth-order valence-corrected chi connectivity index (χ4v) is 4.20. The first-order valence-electron chi connectivity index (χ1n) is 9.90. The first-order chi connectivity index (χ1) is 11.8. The zero-order valence-electron chi connectivity index (χ0n) is 16.0. The highest BCUT2D eigenvalue weighted by Gasteiger charge is 2.44. The van der Waals surface area contributed by atoms with Crippen molar-refractivity contribution in [2.75, 3.05) is 33.2 Å². The summed E-state index contributed by atoms with van der Waals surface area (Å²) in [6, 6.07) is -1.31. The maximum absolute atomic E-state index is 13.0. The second-order valence-electron chi connectivity index (χ2n) is 8.16. The van der Waals surface area contributed by atoms with Crippen LogP contribution in [-0.4, -0.2) is 67.5 Å². The number of likely N-dealkylation sites (N-methyl/N-ethyl adjacent to an activating group) is 1. The molecule has 2 fully saturated rings. The average Bonchev–Trinajstić information content (AvgIpc) is 2.53. The van der Waals surface area contributed by atoms with E-state index in [0.29, 0.717) is 18.8 Å². The monoisotopic (exact) mass is 364 g/mol. The molecule has 1 saturated heterocycles. The Bertz CT molecular complexity index is 381. The zero-order chi connectivity index (χ0) is 18.4. The molecule has 2 rings (SSSR count). The third-order valence-electron chi connectivity index (χ3n) is 5.71. The minimum Gasteiger partial charge on any atom is -0.376 e. The predicted octanol–water partition coefficient (Wildman–Crippen LogP) is 4.32. The van der Waals surface area contributed by atoms with E-state index >= 15 is 0 Å². The minimum absolute atomic E-state index is 0.123. The molecule has 1 atom stereocenters. The summed E-state index contributed by atoms with van der Waals surface area (Å²) in [5.74, 6) is 0.780. The lowest BCUT2D eigenvalue weighted by Crippen LogP contribution is -2.57. The minimum atomic E-state index is -4.12. The number of alkyl halides is 3. The van der Waals surface area contributed by atoms with Crippen LogP contribution in [0.4, 0.5) is 13.2 Å². The van der Waals surface area contributed by atoms with E-state index < -0.39 is 12.2 Å². The van der Waals surface area contributed by atoms with Crippen LogP contribution < -0.4 is 0 Å². The summed E-state index contributed by atoms with van der Waals surface area (Å²) in [7, 11) is 1.58. The number of ether oxygens (including phenoxy) is 1. The molecule has 0 radical (unpaired) electrons. The maximum Gasteiger partial charge on any atom is 0.405 e. The van der Waals surface area contributed by atoms with Crippen molar-refractivity contribution in [3.05, 3.63) is 0 Å². The lowest BCUT2D eigenvalue weighted by atomic mass is 9.84. The number of halogens is 3. The van der Waals surface area contributed by atoms with Crippen molar-refractivity contribution in [1.29, 1.82) is 0 Å². The van der Waals surface area contributed by atoms with Crippen LogP contribution in [0.3, 0.4) is 0 Å². The molecule has 1 aliphatic carbocycles. The van der Waals surface area contributed by atoms with Crippen LogP contribution >= 0.6 is 0 Å². The second-order valence-corrected chi connectivity index (χ2v) is 8.16. The molecule has 0 spiro atoms. The average molecular weight is 364 g/mol. The number of nitrogens with zero attached hydrogens (tertiary/aromatic N) is 2. The lowest BCUT2D eigenvalue weighted by molar-refractivity contribution is -0.193. The Labute approximate surface area is 150 Å². The Morgan fingerprint density at radius 3 is 2.32 bits per heavy atom. The van der Waals surface area contributed by atoms with E-state index in [1.54, 1.807) is 7.05 Å². The molecule has 1 saturated carbocycles. The third-order valence-corrected chi connectivity index (χ3v) is 5.71. The van der Waals surface area contributed by atoms with Crippen molar-refractivity contribution >= 4 is 0 Å². The SMILES string of the molecule is CC(C)OC1CCC(CCCCN2CCN(C)C(C(F)(F)F)C2)CC1. The molecule has 0 aromatic heterocycles. The molecule has 2 aliphatic rings. The molecule has 0 N–H and O–H groups in total. The molecule has 0 aromatic rings. The summed E-state index contributed by atoms with van der Waals surface area (Å²) in [5.41, 5.74) is 0. The summed E-state index contributed by atoms with van der Waals surface area (Å²) in [6.07, 6.45) is 4.77. The Balaban J connectivity index is 1.59. The van der Waals surface area contributed by atoms with Gasteiger partial charge in [0.05, 0.1) is 12.2 Å². The van der Waals surface area contributed by atoms with Crippen LogP contribution in [0, 0.1) is 5.92 Å². The highest BCUT2D eigenvalue weighted by atomic mass is 19.4.